The number of fused-ring (bicyclic) bond motifs is 1. The van der Waals surface area contributed by atoms with Crippen molar-refractivity contribution >= 4 is 29.2 Å². The zero-order valence-electron chi connectivity index (χ0n) is 16.6. The third-order valence-electron chi connectivity index (χ3n) is 5.46. The van der Waals surface area contributed by atoms with Crippen LogP contribution in [0.2, 0.25) is 0 Å². The Balaban J connectivity index is 2.13. The summed E-state index contributed by atoms with van der Waals surface area (Å²) in [5, 5.41) is 11.2. The van der Waals surface area contributed by atoms with Crippen LogP contribution in [0.15, 0.2) is 18.2 Å². The van der Waals surface area contributed by atoms with Crippen molar-refractivity contribution in [3.63, 3.8) is 0 Å². The molecule has 3 rings (SSSR count). The Morgan fingerprint density at radius 2 is 1.72 bits per heavy atom. The number of urea groups is 1. The van der Waals surface area contributed by atoms with E-state index < -0.39 is 34.5 Å². The number of hydrogen-bond donors (Lipinski definition) is 0. The molecule has 1 spiro atoms. The van der Waals surface area contributed by atoms with Crippen molar-refractivity contribution in [2.75, 3.05) is 46.3 Å². The molecule has 0 bridgehead atoms. The second kappa shape index (κ2) is 7.41. The number of carbonyl (C=O) groups is 3. The Labute approximate surface area is 166 Å². The van der Waals surface area contributed by atoms with E-state index in [-0.39, 0.29) is 25.2 Å². The normalized spacial score (nSPS) is 18.7. The molecule has 156 valence electrons. The van der Waals surface area contributed by atoms with Crippen molar-refractivity contribution in [2.45, 2.75) is 12.7 Å². The molecule has 0 aliphatic carbocycles. The average Bonchev–Trinajstić information content (AvgIpc) is 2.72. The smallest absolute Gasteiger partial charge is 0.332 e. The van der Waals surface area contributed by atoms with Gasteiger partial charge in [-0.05, 0) is 18.1 Å². The summed E-state index contributed by atoms with van der Waals surface area (Å²) in [5.74, 6) is -1.28. The molecule has 0 N–H and O–H groups in total. The van der Waals surface area contributed by atoms with Gasteiger partial charge < -0.3 is 14.4 Å². The Hall–Kier alpha value is -3.05. The summed E-state index contributed by atoms with van der Waals surface area (Å²) >= 11 is 0. The van der Waals surface area contributed by atoms with Gasteiger partial charge in [0.1, 0.15) is 0 Å². The minimum absolute atomic E-state index is 0.0132. The topological polar surface area (TPSA) is 123 Å². The highest BCUT2D eigenvalue weighted by Gasteiger charge is 2.58. The highest BCUT2D eigenvalue weighted by molar-refractivity contribution is 6.19. The molecule has 1 fully saturated rings. The van der Waals surface area contributed by atoms with E-state index in [4.69, 9.17) is 9.47 Å². The fraction of sp³-hybridized carbons (Fsp3) is 0.500. The van der Waals surface area contributed by atoms with Crippen molar-refractivity contribution in [2.24, 2.45) is 5.41 Å². The van der Waals surface area contributed by atoms with Crippen LogP contribution in [0.3, 0.4) is 0 Å². The minimum atomic E-state index is -1.58. The quantitative estimate of drug-likeness (QED) is 0.302. The van der Waals surface area contributed by atoms with Crippen molar-refractivity contribution in [1.82, 2.24) is 9.80 Å². The molecule has 11 heteroatoms. The number of benzene rings is 1. The molecule has 0 radical (unpaired) electrons. The van der Waals surface area contributed by atoms with E-state index in [1.54, 1.807) is 11.0 Å². The number of anilines is 1. The van der Waals surface area contributed by atoms with Crippen LogP contribution in [0.4, 0.5) is 16.2 Å². The first-order valence-electron chi connectivity index (χ1n) is 8.84. The summed E-state index contributed by atoms with van der Waals surface area (Å²) in [4.78, 5) is 52.6. The number of non-ortho nitro benzene ring substituents is 1. The summed E-state index contributed by atoms with van der Waals surface area (Å²) in [6.45, 7) is 0.169. The summed E-state index contributed by atoms with van der Waals surface area (Å²) in [6.07, 6.45) is -0.704. The number of imide groups is 2. The van der Waals surface area contributed by atoms with E-state index >= 15 is 0 Å². The van der Waals surface area contributed by atoms with Crippen LogP contribution in [-0.2, 0) is 25.5 Å². The van der Waals surface area contributed by atoms with Gasteiger partial charge in [-0.2, -0.15) is 0 Å². The molecule has 1 aromatic rings. The Morgan fingerprint density at radius 1 is 1.14 bits per heavy atom. The molecule has 2 heterocycles. The standard InChI is InChI=1S/C18H22N4O7/c1-19-15(23)18(16(24)20(2)17(19)25)8-11-7-12(22(26)27)5-6-13(11)21(10-18)9-14(28-3)29-4/h5-7,14H,8-10H2,1-4H3. The second-order valence-corrected chi connectivity index (χ2v) is 7.12. The third kappa shape index (κ3) is 3.21. The summed E-state index contributed by atoms with van der Waals surface area (Å²) in [6, 6.07) is 3.59. The molecule has 0 atom stereocenters. The van der Waals surface area contributed by atoms with Gasteiger partial charge in [-0.1, -0.05) is 0 Å². The van der Waals surface area contributed by atoms with Crippen LogP contribution in [-0.4, -0.2) is 80.3 Å². The molecule has 2 aliphatic heterocycles. The van der Waals surface area contributed by atoms with E-state index in [1.165, 1.54) is 40.4 Å². The lowest BCUT2D eigenvalue weighted by Crippen LogP contribution is -2.68. The molecular formula is C18H22N4O7. The first-order chi connectivity index (χ1) is 13.7. The Kier molecular flexibility index (Phi) is 5.28. The maximum Gasteiger partial charge on any atom is 0.332 e. The van der Waals surface area contributed by atoms with Gasteiger partial charge in [-0.25, -0.2) is 4.79 Å². The van der Waals surface area contributed by atoms with E-state index in [2.05, 4.69) is 0 Å². The first kappa shape index (κ1) is 20.7. The zero-order chi connectivity index (χ0) is 21.5. The predicted octanol–water partition coefficient (Wildman–Crippen LogP) is 0.613. The van der Waals surface area contributed by atoms with E-state index in [9.17, 15) is 24.5 Å². The van der Waals surface area contributed by atoms with Gasteiger partial charge in [0.05, 0.1) is 11.5 Å². The number of ether oxygens (including phenoxy) is 2. The van der Waals surface area contributed by atoms with Gasteiger partial charge in [0.2, 0.25) is 11.8 Å². The molecule has 1 aromatic carbocycles. The molecular weight excluding hydrogens is 384 g/mol. The van der Waals surface area contributed by atoms with Crippen molar-refractivity contribution in [3.05, 3.63) is 33.9 Å². The Morgan fingerprint density at radius 3 is 2.24 bits per heavy atom. The number of amides is 4. The number of nitro groups is 1. The van der Waals surface area contributed by atoms with Crippen LogP contribution >= 0.6 is 0 Å². The predicted molar refractivity (Wildman–Crippen MR) is 100 cm³/mol. The number of nitrogens with zero attached hydrogens (tertiary/aromatic N) is 4. The third-order valence-corrected chi connectivity index (χ3v) is 5.46. The molecule has 11 nitrogen and oxygen atoms in total. The summed E-state index contributed by atoms with van der Waals surface area (Å²) < 4.78 is 10.5. The zero-order valence-corrected chi connectivity index (χ0v) is 16.6. The number of barbiturate groups is 1. The number of methoxy groups -OCH3 is 2. The van der Waals surface area contributed by atoms with Crippen LogP contribution in [0.1, 0.15) is 5.56 Å². The highest BCUT2D eigenvalue weighted by Crippen LogP contribution is 2.42. The number of rotatable bonds is 5. The van der Waals surface area contributed by atoms with Crippen molar-refractivity contribution in [3.8, 4) is 0 Å². The van der Waals surface area contributed by atoms with Crippen LogP contribution in [0, 0.1) is 15.5 Å². The molecule has 2 aliphatic rings. The summed E-state index contributed by atoms with van der Waals surface area (Å²) in [5.41, 5.74) is -0.618. The SMILES string of the molecule is COC(CN1CC2(Cc3cc([N+](=O)[O-])ccc31)C(=O)N(C)C(=O)N(C)C2=O)OC. The van der Waals surface area contributed by atoms with E-state index in [0.717, 1.165) is 9.80 Å². The number of hydrogen-bond acceptors (Lipinski definition) is 8. The largest absolute Gasteiger partial charge is 0.365 e. The van der Waals surface area contributed by atoms with Crippen LogP contribution in [0.25, 0.3) is 0 Å². The average molecular weight is 406 g/mol. The highest BCUT2D eigenvalue weighted by atomic mass is 16.7. The van der Waals surface area contributed by atoms with Crippen LogP contribution < -0.4 is 4.90 Å². The molecule has 4 amide bonds. The number of nitro benzene ring substituents is 1. The summed E-state index contributed by atoms with van der Waals surface area (Å²) in [7, 11) is 5.55. The first-order valence-corrected chi connectivity index (χ1v) is 8.84. The molecule has 0 aromatic heterocycles. The van der Waals surface area contributed by atoms with Gasteiger partial charge in [-0.15, -0.1) is 0 Å². The van der Waals surface area contributed by atoms with Gasteiger partial charge in [0.15, 0.2) is 11.7 Å². The van der Waals surface area contributed by atoms with Crippen molar-refractivity contribution in [1.29, 1.82) is 0 Å². The fourth-order valence-corrected chi connectivity index (χ4v) is 3.93. The molecule has 0 saturated carbocycles. The molecule has 0 unspecified atom stereocenters. The van der Waals surface area contributed by atoms with Crippen molar-refractivity contribution < 1.29 is 28.8 Å². The molecule has 29 heavy (non-hydrogen) atoms. The van der Waals surface area contributed by atoms with Gasteiger partial charge >= 0.3 is 6.03 Å². The lowest BCUT2D eigenvalue weighted by molar-refractivity contribution is -0.384. The van der Waals surface area contributed by atoms with Crippen LogP contribution in [0.5, 0.6) is 0 Å². The van der Waals surface area contributed by atoms with Gasteiger partial charge in [-0.3, -0.25) is 29.5 Å². The monoisotopic (exact) mass is 406 g/mol. The fourth-order valence-electron chi connectivity index (χ4n) is 3.93. The van der Waals surface area contributed by atoms with E-state index in [0.29, 0.717) is 11.3 Å². The van der Waals surface area contributed by atoms with Gasteiger partial charge in [0, 0.05) is 52.7 Å². The lowest BCUT2D eigenvalue weighted by Gasteiger charge is -2.47. The number of carbonyl (C=O) groups excluding carboxylic acids is 3. The lowest BCUT2D eigenvalue weighted by atomic mass is 9.74. The molecule has 1 saturated heterocycles. The Bertz CT molecular complexity index is 859. The van der Waals surface area contributed by atoms with Gasteiger partial charge in [0.25, 0.3) is 5.69 Å². The maximum absolute atomic E-state index is 13.1. The minimum Gasteiger partial charge on any atom is -0.365 e. The van der Waals surface area contributed by atoms with E-state index in [1.807, 2.05) is 0 Å². The maximum atomic E-state index is 13.1. The second-order valence-electron chi connectivity index (χ2n) is 7.12.